The van der Waals surface area contributed by atoms with E-state index in [9.17, 15) is 0 Å². The molecule has 2 aliphatic rings. The third-order valence-electron chi connectivity index (χ3n) is 6.09. The summed E-state index contributed by atoms with van der Waals surface area (Å²) in [5, 5.41) is 3.93. The molecule has 5 nitrogen and oxygen atoms in total. The van der Waals surface area contributed by atoms with Gasteiger partial charge in [0.05, 0.1) is 11.7 Å². The van der Waals surface area contributed by atoms with Crippen molar-refractivity contribution in [3.8, 4) is 11.4 Å². The fraction of sp³-hybridized carbons (Fsp3) is 0.571. The number of nitrogens with one attached hydrogen (secondary N) is 2. The van der Waals surface area contributed by atoms with E-state index in [0.717, 1.165) is 55.8 Å². The molecule has 27 heavy (non-hydrogen) atoms. The van der Waals surface area contributed by atoms with Crippen LogP contribution in [-0.2, 0) is 0 Å². The van der Waals surface area contributed by atoms with Crippen molar-refractivity contribution in [2.45, 2.75) is 37.8 Å². The van der Waals surface area contributed by atoms with Crippen LogP contribution in [0.3, 0.4) is 0 Å². The molecule has 0 bridgehead atoms. The highest BCUT2D eigenvalue weighted by atomic mass is 35.5. The van der Waals surface area contributed by atoms with Gasteiger partial charge in [0.25, 0.3) is 0 Å². The number of hydrogen-bond acceptors (Lipinski definition) is 4. The van der Waals surface area contributed by atoms with Crippen LogP contribution >= 0.6 is 11.6 Å². The maximum atomic E-state index is 6.57. The Morgan fingerprint density at radius 1 is 1.15 bits per heavy atom. The maximum Gasteiger partial charge on any atom is 0.152 e. The fourth-order valence-electron chi connectivity index (χ4n) is 4.61. The van der Waals surface area contributed by atoms with Gasteiger partial charge in [0.15, 0.2) is 5.15 Å². The molecule has 6 heteroatoms. The second-order valence-electron chi connectivity index (χ2n) is 7.74. The molecule has 0 spiro atoms. The smallest absolute Gasteiger partial charge is 0.152 e. The Morgan fingerprint density at radius 2 is 1.85 bits per heavy atom. The largest absolute Gasteiger partial charge is 0.339 e. The monoisotopic (exact) mass is 387 g/mol. The highest BCUT2D eigenvalue weighted by molar-refractivity contribution is 6.30. The van der Waals surface area contributed by atoms with E-state index in [1.807, 2.05) is 25.2 Å². The SMILES string of the molecule is CNCC(c1[nH]c(-c2ccccc2)nc1Cl)N1CCN(C2CCCC2)CC1. The minimum absolute atomic E-state index is 0.221. The Balaban J connectivity index is 1.49. The van der Waals surface area contributed by atoms with Gasteiger partial charge in [-0.2, -0.15) is 0 Å². The molecule has 1 aliphatic carbocycles. The predicted molar refractivity (Wildman–Crippen MR) is 111 cm³/mol. The number of H-pyrrole nitrogens is 1. The lowest BCUT2D eigenvalue weighted by Gasteiger charge is -2.41. The van der Waals surface area contributed by atoms with Gasteiger partial charge in [-0.15, -0.1) is 0 Å². The Morgan fingerprint density at radius 3 is 2.52 bits per heavy atom. The summed E-state index contributed by atoms with van der Waals surface area (Å²) in [5.41, 5.74) is 2.10. The number of hydrogen-bond donors (Lipinski definition) is 2. The van der Waals surface area contributed by atoms with Gasteiger partial charge in [-0.05, 0) is 19.9 Å². The number of aromatic amines is 1. The molecular formula is C21H30ClN5. The number of benzene rings is 1. The van der Waals surface area contributed by atoms with Gasteiger partial charge in [0.2, 0.25) is 0 Å². The lowest BCUT2D eigenvalue weighted by atomic mass is 10.1. The molecule has 0 radical (unpaired) electrons. The first-order valence-corrected chi connectivity index (χ1v) is 10.6. The van der Waals surface area contributed by atoms with Crippen molar-refractivity contribution in [2.24, 2.45) is 0 Å². The Kier molecular flexibility index (Phi) is 6.13. The van der Waals surface area contributed by atoms with E-state index in [1.54, 1.807) is 0 Å². The van der Waals surface area contributed by atoms with Crippen LogP contribution in [0.5, 0.6) is 0 Å². The highest BCUT2D eigenvalue weighted by Crippen LogP contribution is 2.31. The zero-order chi connectivity index (χ0) is 18.6. The molecule has 2 N–H and O–H groups in total. The van der Waals surface area contributed by atoms with Crippen molar-refractivity contribution in [3.05, 3.63) is 41.2 Å². The number of nitrogens with zero attached hydrogens (tertiary/aromatic N) is 3. The summed E-state index contributed by atoms with van der Waals surface area (Å²) in [4.78, 5) is 13.4. The van der Waals surface area contributed by atoms with Gasteiger partial charge in [-0.3, -0.25) is 9.80 Å². The number of likely N-dealkylation sites (N-methyl/N-ethyl adjacent to an activating group) is 1. The maximum absolute atomic E-state index is 6.57. The molecule has 1 unspecified atom stereocenters. The highest BCUT2D eigenvalue weighted by Gasteiger charge is 2.31. The Bertz CT molecular complexity index is 717. The van der Waals surface area contributed by atoms with Gasteiger partial charge >= 0.3 is 0 Å². The number of aromatic nitrogens is 2. The summed E-state index contributed by atoms with van der Waals surface area (Å²) in [6.45, 7) is 5.33. The topological polar surface area (TPSA) is 47.2 Å². The minimum Gasteiger partial charge on any atom is -0.339 e. The van der Waals surface area contributed by atoms with Gasteiger partial charge in [-0.25, -0.2) is 4.98 Å². The molecule has 2 aromatic rings. The van der Waals surface area contributed by atoms with Crippen LogP contribution in [-0.4, -0.2) is 65.6 Å². The van der Waals surface area contributed by atoms with Crippen LogP contribution in [0.25, 0.3) is 11.4 Å². The van der Waals surface area contributed by atoms with Crippen molar-refractivity contribution in [3.63, 3.8) is 0 Å². The van der Waals surface area contributed by atoms with E-state index >= 15 is 0 Å². The summed E-state index contributed by atoms with van der Waals surface area (Å²) in [7, 11) is 2.00. The van der Waals surface area contributed by atoms with Crippen LogP contribution in [0.15, 0.2) is 30.3 Å². The van der Waals surface area contributed by atoms with Gasteiger partial charge in [-0.1, -0.05) is 54.8 Å². The van der Waals surface area contributed by atoms with E-state index in [-0.39, 0.29) is 6.04 Å². The van der Waals surface area contributed by atoms with Gasteiger partial charge in [0, 0.05) is 44.3 Å². The van der Waals surface area contributed by atoms with E-state index in [1.165, 1.54) is 25.7 Å². The average molecular weight is 388 g/mol. The number of rotatable bonds is 6. The van der Waals surface area contributed by atoms with Crippen molar-refractivity contribution in [1.82, 2.24) is 25.1 Å². The van der Waals surface area contributed by atoms with Crippen LogP contribution < -0.4 is 5.32 Å². The molecule has 4 rings (SSSR count). The second kappa shape index (κ2) is 8.74. The number of imidazole rings is 1. The zero-order valence-corrected chi connectivity index (χ0v) is 16.9. The first kappa shape index (κ1) is 18.9. The van der Waals surface area contributed by atoms with Gasteiger partial charge < -0.3 is 10.3 Å². The van der Waals surface area contributed by atoms with Crippen LogP contribution in [0.4, 0.5) is 0 Å². The quantitative estimate of drug-likeness (QED) is 0.795. The summed E-state index contributed by atoms with van der Waals surface area (Å²) >= 11 is 6.57. The molecule has 1 aliphatic heterocycles. The second-order valence-corrected chi connectivity index (χ2v) is 8.10. The number of piperazine rings is 1. The molecule has 1 aromatic heterocycles. The molecule has 1 saturated heterocycles. The van der Waals surface area contributed by atoms with E-state index in [2.05, 4.69) is 37.2 Å². The van der Waals surface area contributed by atoms with E-state index in [0.29, 0.717) is 5.15 Å². The van der Waals surface area contributed by atoms with Gasteiger partial charge in [0.1, 0.15) is 5.82 Å². The third kappa shape index (κ3) is 4.21. The summed E-state index contributed by atoms with van der Waals surface area (Å²) in [5.74, 6) is 0.848. The molecule has 1 atom stereocenters. The first-order valence-electron chi connectivity index (χ1n) is 10.2. The Hall–Kier alpha value is -1.40. The zero-order valence-electron chi connectivity index (χ0n) is 16.1. The van der Waals surface area contributed by atoms with E-state index < -0.39 is 0 Å². The predicted octanol–water partition coefficient (Wildman–Crippen LogP) is 3.55. The fourth-order valence-corrected chi connectivity index (χ4v) is 4.87. The molecular weight excluding hydrogens is 358 g/mol. The third-order valence-corrected chi connectivity index (χ3v) is 6.38. The van der Waals surface area contributed by atoms with Crippen LogP contribution in [0.2, 0.25) is 5.15 Å². The van der Waals surface area contributed by atoms with Crippen molar-refractivity contribution < 1.29 is 0 Å². The van der Waals surface area contributed by atoms with Crippen LogP contribution in [0, 0.1) is 0 Å². The van der Waals surface area contributed by atoms with E-state index in [4.69, 9.17) is 11.6 Å². The summed E-state index contributed by atoms with van der Waals surface area (Å²) in [6, 6.07) is 11.2. The molecule has 2 fully saturated rings. The molecule has 2 heterocycles. The number of halogens is 1. The molecule has 146 valence electrons. The molecule has 1 aromatic carbocycles. The molecule has 1 saturated carbocycles. The van der Waals surface area contributed by atoms with Crippen molar-refractivity contribution >= 4 is 11.6 Å². The van der Waals surface area contributed by atoms with Crippen molar-refractivity contribution in [1.29, 1.82) is 0 Å². The lowest BCUT2D eigenvalue weighted by molar-refractivity contribution is 0.0691. The first-order chi connectivity index (χ1) is 13.3. The standard InChI is InChI=1S/C21H30ClN5/c1-23-15-18(27-13-11-26(12-14-27)17-9-5-6-10-17)19-20(22)25-21(24-19)16-7-3-2-4-8-16/h2-4,7-8,17-18,23H,5-6,9-15H2,1H3,(H,24,25). The summed E-state index contributed by atoms with van der Waals surface area (Å²) < 4.78 is 0. The Labute approximate surface area is 167 Å². The normalized spacial score (nSPS) is 21.0. The average Bonchev–Trinajstić information content (AvgIpc) is 3.37. The minimum atomic E-state index is 0.221. The van der Waals surface area contributed by atoms with Crippen LogP contribution in [0.1, 0.15) is 37.4 Å². The summed E-state index contributed by atoms with van der Waals surface area (Å²) in [6.07, 6.45) is 5.57. The molecule has 0 amide bonds. The lowest BCUT2D eigenvalue weighted by Crippen LogP contribution is -2.51. The van der Waals surface area contributed by atoms with Crippen molar-refractivity contribution in [2.75, 3.05) is 39.8 Å².